The number of esters is 1. The van der Waals surface area contributed by atoms with E-state index in [1.165, 1.54) is 84.2 Å². The molecule has 0 spiro atoms. The van der Waals surface area contributed by atoms with Gasteiger partial charge < -0.3 is 15.2 Å². The topological polar surface area (TPSA) is 75.6 Å². The highest BCUT2D eigenvalue weighted by atomic mass is 16.5. The summed E-state index contributed by atoms with van der Waals surface area (Å²) in [5.41, 5.74) is 0.245. The Bertz CT molecular complexity index is 590. The van der Waals surface area contributed by atoms with Gasteiger partial charge in [-0.15, -0.1) is 0 Å². The number of ether oxygens (including phenoxy) is 1. The molecule has 32 heavy (non-hydrogen) atoms. The number of amides is 1. The number of carbonyl (C=O) groups is 2. The van der Waals surface area contributed by atoms with Crippen LogP contribution in [0.4, 0.5) is 0 Å². The number of fused-ring (bicyclic) bond motifs is 2. The second kappa shape index (κ2) is 13.0. The van der Waals surface area contributed by atoms with E-state index < -0.39 is 6.10 Å². The van der Waals surface area contributed by atoms with Crippen molar-refractivity contribution in [2.45, 2.75) is 122 Å². The molecule has 184 valence electrons. The van der Waals surface area contributed by atoms with Crippen molar-refractivity contribution in [2.75, 3.05) is 13.7 Å². The number of carbonyl (C=O) groups excluding carboxylic acids is 2. The average Bonchev–Trinajstić information content (AvgIpc) is 2.93. The maximum Gasteiger partial charge on any atom is 0.305 e. The van der Waals surface area contributed by atoms with E-state index in [4.69, 9.17) is 0 Å². The molecule has 2 N–H and O–H groups in total. The summed E-state index contributed by atoms with van der Waals surface area (Å²) < 4.78 is 4.65. The lowest BCUT2D eigenvalue weighted by atomic mass is 9.67. The minimum atomic E-state index is -0.827. The van der Waals surface area contributed by atoms with Crippen LogP contribution in [0.3, 0.4) is 0 Å². The van der Waals surface area contributed by atoms with Crippen LogP contribution < -0.4 is 5.32 Å². The van der Waals surface area contributed by atoms with Gasteiger partial charge in [-0.1, -0.05) is 64.2 Å². The van der Waals surface area contributed by atoms with E-state index in [0.717, 1.165) is 43.4 Å². The first-order valence-electron chi connectivity index (χ1n) is 13.5. The van der Waals surface area contributed by atoms with Crippen LogP contribution in [0.15, 0.2) is 0 Å². The minimum absolute atomic E-state index is 0.104. The molecule has 0 aromatic rings. The molecule has 0 aliphatic heterocycles. The minimum Gasteiger partial charge on any atom is -0.469 e. The van der Waals surface area contributed by atoms with Gasteiger partial charge >= 0.3 is 5.97 Å². The first-order chi connectivity index (χ1) is 15.5. The number of nitrogens with one attached hydrogen (secondary N) is 1. The largest absolute Gasteiger partial charge is 0.469 e. The van der Waals surface area contributed by atoms with Crippen molar-refractivity contribution < 1.29 is 19.4 Å². The zero-order valence-electron chi connectivity index (χ0n) is 20.4. The molecular formula is C27H47NO4. The third kappa shape index (κ3) is 7.74. The summed E-state index contributed by atoms with van der Waals surface area (Å²) in [6, 6.07) is 0. The fourth-order valence-electron chi connectivity index (χ4n) is 7.14. The third-order valence-electron chi connectivity index (χ3n) is 8.62. The molecule has 0 heterocycles. The van der Waals surface area contributed by atoms with Crippen LogP contribution in [0.2, 0.25) is 0 Å². The first-order valence-corrected chi connectivity index (χ1v) is 13.5. The van der Waals surface area contributed by atoms with Gasteiger partial charge in [0.05, 0.1) is 7.11 Å². The molecule has 3 bridgehead atoms. The predicted molar refractivity (Wildman–Crippen MR) is 127 cm³/mol. The summed E-state index contributed by atoms with van der Waals surface area (Å²) >= 11 is 0. The third-order valence-corrected chi connectivity index (χ3v) is 8.62. The van der Waals surface area contributed by atoms with E-state index in [9.17, 15) is 14.7 Å². The average molecular weight is 450 g/mol. The van der Waals surface area contributed by atoms with Crippen molar-refractivity contribution in [3.05, 3.63) is 0 Å². The fourth-order valence-corrected chi connectivity index (χ4v) is 7.14. The quantitative estimate of drug-likeness (QED) is 0.254. The molecule has 5 nitrogen and oxygen atoms in total. The smallest absolute Gasteiger partial charge is 0.305 e. The van der Waals surface area contributed by atoms with Crippen LogP contribution in [0.25, 0.3) is 0 Å². The number of methoxy groups -OCH3 is 1. The maximum atomic E-state index is 12.5. The molecule has 3 fully saturated rings. The Morgan fingerprint density at radius 2 is 1.59 bits per heavy atom. The normalized spacial score (nSPS) is 29.5. The number of aliphatic hydroxyl groups excluding tert-OH is 1. The van der Waals surface area contributed by atoms with Crippen molar-refractivity contribution >= 4 is 11.9 Å². The Hall–Kier alpha value is -1.10. The lowest BCUT2D eigenvalue weighted by molar-refractivity contribution is -0.140. The summed E-state index contributed by atoms with van der Waals surface area (Å²) in [4.78, 5) is 23.5. The SMILES string of the molecule is COC(=O)CCCCCCCCCCCNC(=O)C(O)CC12CC3CCCC(C1)C(C3)C2. The molecular weight excluding hydrogens is 402 g/mol. The van der Waals surface area contributed by atoms with Gasteiger partial charge in [-0.25, -0.2) is 0 Å². The summed E-state index contributed by atoms with van der Waals surface area (Å²) in [6.45, 7) is 0.685. The van der Waals surface area contributed by atoms with Crippen LogP contribution >= 0.6 is 0 Å². The van der Waals surface area contributed by atoms with Crippen LogP contribution in [0.1, 0.15) is 116 Å². The van der Waals surface area contributed by atoms with E-state index in [0.29, 0.717) is 19.4 Å². The van der Waals surface area contributed by atoms with Crippen LogP contribution in [0.5, 0.6) is 0 Å². The van der Waals surface area contributed by atoms with Gasteiger partial charge in [-0.3, -0.25) is 9.59 Å². The van der Waals surface area contributed by atoms with Gasteiger partial charge in [0.15, 0.2) is 0 Å². The molecule has 5 atom stereocenters. The molecule has 3 aliphatic rings. The Labute approximate surface area is 195 Å². The molecule has 3 saturated carbocycles. The lowest BCUT2D eigenvalue weighted by Crippen LogP contribution is -2.40. The molecule has 0 aromatic heterocycles. The Morgan fingerprint density at radius 1 is 0.938 bits per heavy atom. The highest BCUT2D eigenvalue weighted by Crippen LogP contribution is 2.61. The zero-order valence-corrected chi connectivity index (χ0v) is 20.4. The monoisotopic (exact) mass is 449 g/mol. The van der Waals surface area contributed by atoms with Crippen molar-refractivity contribution in [3.63, 3.8) is 0 Å². The van der Waals surface area contributed by atoms with Gasteiger partial charge in [-0.05, 0) is 68.1 Å². The van der Waals surface area contributed by atoms with Crippen molar-refractivity contribution in [3.8, 4) is 0 Å². The number of hydrogen-bond acceptors (Lipinski definition) is 4. The molecule has 1 amide bonds. The predicted octanol–water partition coefficient (Wildman–Crippen LogP) is 5.53. The number of aliphatic hydroxyl groups is 1. The molecule has 0 aromatic carbocycles. The molecule has 5 unspecified atom stereocenters. The number of unbranched alkanes of at least 4 members (excludes halogenated alkanes) is 8. The second-order valence-corrected chi connectivity index (χ2v) is 11.2. The number of rotatable bonds is 15. The highest BCUT2D eigenvalue weighted by molar-refractivity contribution is 5.80. The lowest BCUT2D eigenvalue weighted by Gasteiger charge is -2.39. The standard InChI is InChI=1S/C27H47NO4/c1-32-25(30)14-9-7-5-3-2-4-6-8-10-15-28-26(31)24(29)20-27-17-21-12-11-13-22(18-27)23(16-21)19-27/h21-24,29H,2-20H2,1H3,(H,28,31). The van der Waals surface area contributed by atoms with Crippen molar-refractivity contribution in [2.24, 2.45) is 23.2 Å². The summed E-state index contributed by atoms with van der Waals surface area (Å²) in [5, 5.41) is 13.6. The van der Waals surface area contributed by atoms with Gasteiger partial charge in [-0.2, -0.15) is 0 Å². The van der Waals surface area contributed by atoms with Crippen LogP contribution in [0, 0.1) is 23.2 Å². The molecule has 3 rings (SSSR count). The van der Waals surface area contributed by atoms with Gasteiger partial charge in [0.1, 0.15) is 6.10 Å². The molecule has 0 saturated heterocycles. The fraction of sp³-hybridized carbons (Fsp3) is 0.926. The van der Waals surface area contributed by atoms with E-state index in [1.807, 2.05) is 0 Å². The van der Waals surface area contributed by atoms with Crippen LogP contribution in [-0.2, 0) is 14.3 Å². The molecule has 0 radical (unpaired) electrons. The molecule has 3 aliphatic carbocycles. The summed E-state index contributed by atoms with van der Waals surface area (Å²) in [7, 11) is 1.44. The van der Waals surface area contributed by atoms with Crippen molar-refractivity contribution in [1.82, 2.24) is 5.32 Å². The number of hydrogen-bond donors (Lipinski definition) is 2. The van der Waals surface area contributed by atoms with Gasteiger partial charge in [0.2, 0.25) is 5.91 Å². The summed E-state index contributed by atoms with van der Waals surface area (Å²) in [5.74, 6) is 2.32. The van der Waals surface area contributed by atoms with E-state index in [2.05, 4.69) is 10.1 Å². The Kier molecular flexibility index (Phi) is 10.3. The molecule has 5 heteroatoms. The first kappa shape index (κ1) is 25.5. The maximum absolute atomic E-state index is 12.5. The van der Waals surface area contributed by atoms with Crippen molar-refractivity contribution in [1.29, 1.82) is 0 Å². The van der Waals surface area contributed by atoms with Gasteiger partial charge in [0.25, 0.3) is 0 Å². The van der Waals surface area contributed by atoms with Gasteiger partial charge in [0, 0.05) is 13.0 Å². The Morgan fingerprint density at radius 3 is 2.31 bits per heavy atom. The highest BCUT2D eigenvalue weighted by Gasteiger charge is 2.52. The van der Waals surface area contributed by atoms with E-state index >= 15 is 0 Å². The van der Waals surface area contributed by atoms with Crippen LogP contribution in [-0.4, -0.2) is 36.7 Å². The zero-order chi connectivity index (χ0) is 22.8. The summed E-state index contributed by atoms with van der Waals surface area (Å²) in [6.07, 6.45) is 20.0. The van der Waals surface area contributed by atoms with E-state index in [1.54, 1.807) is 0 Å². The Balaban J connectivity index is 1.18. The van der Waals surface area contributed by atoms with E-state index in [-0.39, 0.29) is 17.3 Å². The second-order valence-electron chi connectivity index (χ2n) is 11.2.